The smallest absolute Gasteiger partial charge is 0.137 e. The first-order valence-electron chi connectivity index (χ1n) is 3.46. The fourth-order valence-corrected chi connectivity index (χ4v) is 0.581. The summed E-state index contributed by atoms with van der Waals surface area (Å²) in [6.07, 6.45) is -0.00926. The van der Waals surface area contributed by atoms with Crippen molar-refractivity contribution in [3.63, 3.8) is 0 Å². The van der Waals surface area contributed by atoms with Crippen LogP contribution in [0.4, 0.5) is 0 Å². The predicted octanol–water partition coefficient (Wildman–Crippen LogP) is 1.64. The van der Waals surface area contributed by atoms with E-state index in [-0.39, 0.29) is 17.3 Å². The van der Waals surface area contributed by atoms with E-state index in [9.17, 15) is 4.79 Å². The van der Waals surface area contributed by atoms with Crippen LogP contribution in [0.2, 0.25) is 0 Å². The van der Waals surface area contributed by atoms with Gasteiger partial charge in [0.2, 0.25) is 0 Å². The predicted molar refractivity (Wildman–Crippen MR) is 40.9 cm³/mol. The highest BCUT2D eigenvalue weighted by molar-refractivity contribution is 5.82. The molecule has 0 spiro atoms. The zero-order valence-electron chi connectivity index (χ0n) is 7.39. The number of hydrogen-bond donors (Lipinski definition) is 0. The van der Waals surface area contributed by atoms with Crippen molar-refractivity contribution in [3.8, 4) is 0 Å². The van der Waals surface area contributed by atoms with E-state index < -0.39 is 0 Å². The molecule has 0 rings (SSSR count). The molecule has 0 heterocycles. The van der Waals surface area contributed by atoms with Crippen LogP contribution in [0.3, 0.4) is 0 Å². The first-order valence-corrected chi connectivity index (χ1v) is 3.46. The summed E-state index contributed by atoms with van der Waals surface area (Å²) >= 11 is 0. The maximum absolute atomic E-state index is 11.0. The highest BCUT2D eigenvalue weighted by Gasteiger charge is 2.30. The zero-order chi connectivity index (χ0) is 8.36. The monoisotopic (exact) mass is 144 g/mol. The van der Waals surface area contributed by atoms with Gasteiger partial charge in [-0.2, -0.15) is 0 Å². The first-order chi connectivity index (χ1) is 4.42. The normalized spacial score (nSPS) is 14.9. The van der Waals surface area contributed by atoms with Crippen LogP contribution >= 0.6 is 0 Å². The molecular weight excluding hydrogens is 128 g/mol. The Balaban J connectivity index is 4.23. The quantitative estimate of drug-likeness (QED) is 0.602. The highest BCUT2D eigenvalue weighted by atomic mass is 16.5. The lowest BCUT2D eigenvalue weighted by Crippen LogP contribution is -2.34. The minimum Gasteiger partial charge on any atom is -0.381 e. The molecule has 60 valence electrons. The largest absolute Gasteiger partial charge is 0.381 e. The average Bonchev–Trinajstić information content (AvgIpc) is 1.86. The van der Waals surface area contributed by atoms with Crippen LogP contribution in [0.1, 0.15) is 27.7 Å². The Bertz CT molecular complexity index is 127. The molecule has 0 N–H and O–H groups in total. The van der Waals surface area contributed by atoms with E-state index in [0.717, 1.165) is 0 Å². The van der Waals surface area contributed by atoms with Crippen molar-refractivity contribution in [2.24, 2.45) is 5.41 Å². The lowest BCUT2D eigenvalue weighted by atomic mass is 9.83. The lowest BCUT2D eigenvalue weighted by Gasteiger charge is -2.27. The minimum absolute atomic E-state index is 0.00926. The van der Waals surface area contributed by atoms with Gasteiger partial charge in [0.05, 0.1) is 6.10 Å². The lowest BCUT2D eigenvalue weighted by molar-refractivity contribution is -0.131. The number of ketones is 1. The van der Waals surface area contributed by atoms with Crippen LogP contribution in [0.15, 0.2) is 0 Å². The second-order valence-corrected chi connectivity index (χ2v) is 3.16. The number of carbonyl (C=O) groups excluding carboxylic acids is 1. The van der Waals surface area contributed by atoms with Crippen LogP contribution in [-0.4, -0.2) is 19.0 Å². The Morgan fingerprint density at radius 2 is 1.90 bits per heavy atom. The first kappa shape index (κ1) is 9.63. The molecule has 0 aliphatic carbocycles. The van der Waals surface area contributed by atoms with Gasteiger partial charge in [0.15, 0.2) is 0 Å². The van der Waals surface area contributed by atoms with Gasteiger partial charge in [-0.05, 0) is 13.8 Å². The standard InChI is InChI=1S/C8H16O2/c1-6(9)8(3,4)7(2)10-5/h7H,1-5H3. The van der Waals surface area contributed by atoms with Crippen LogP contribution in [0, 0.1) is 5.41 Å². The van der Waals surface area contributed by atoms with Gasteiger partial charge < -0.3 is 4.74 Å². The van der Waals surface area contributed by atoms with Gasteiger partial charge in [-0.1, -0.05) is 13.8 Å². The molecule has 0 aromatic carbocycles. The van der Waals surface area contributed by atoms with E-state index >= 15 is 0 Å². The maximum Gasteiger partial charge on any atom is 0.137 e. The molecule has 1 atom stereocenters. The Hall–Kier alpha value is -0.370. The third-order valence-corrected chi connectivity index (χ3v) is 2.28. The summed E-state index contributed by atoms with van der Waals surface area (Å²) in [5.74, 6) is 0.168. The molecule has 0 saturated heterocycles. The molecule has 0 saturated carbocycles. The Morgan fingerprint density at radius 1 is 1.50 bits per heavy atom. The Morgan fingerprint density at radius 3 is 2.00 bits per heavy atom. The van der Waals surface area contributed by atoms with Gasteiger partial charge in [0.25, 0.3) is 0 Å². The van der Waals surface area contributed by atoms with E-state index in [0.29, 0.717) is 0 Å². The van der Waals surface area contributed by atoms with E-state index in [1.54, 1.807) is 14.0 Å². The Kier molecular flexibility index (Phi) is 3.03. The van der Waals surface area contributed by atoms with Gasteiger partial charge in [-0.25, -0.2) is 0 Å². The fourth-order valence-electron chi connectivity index (χ4n) is 0.581. The molecule has 0 radical (unpaired) electrons. The molecule has 1 unspecified atom stereocenters. The van der Waals surface area contributed by atoms with E-state index in [2.05, 4.69) is 0 Å². The summed E-state index contributed by atoms with van der Waals surface area (Å²) in [6, 6.07) is 0. The summed E-state index contributed by atoms with van der Waals surface area (Å²) in [5, 5.41) is 0. The molecule has 0 bridgehead atoms. The number of rotatable bonds is 3. The number of Topliss-reactive ketones (excluding diaryl/α,β-unsaturated/α-hetero) is 1. The van der Waals surface area contributed by atoms with Crippen molar-refractivity contribution in [2.75, 3.05) is 7.11 Å². The van der Waals surface area contributed by atoms with Crippen molar-refractivity contribution < 1.29 is 9.53 Å². The van der Waals surface area contributed by atoms with Crippen LogP contribution in [0.25, 0.3) is 0 Å². The SMILES string of the molecule is COC(C)C(C)(C)C(C)=O. The number of methoxy groups -OCH3 is 1. The van der Waals surface area contributed by atoms with E-state index in [1.807, 2.05) is 20.8 Å². The summed E-state index contributed by atoms with van der Waals surface area (Å²) in [5.41, 5.74) is -0.352. The molecule has 2 nitrogen and oxygen atoms in total. The van der Waals surface area contributed by atoms with Gasteiger partial charge in [-0.15, -0.1) is 0 Å². The van der Waals surface area contributed by atoms with Crippen molar-refractivity contribution in [3.05, 3.63) is 0 Å². The van der Waals surface area contributed by atoms with Crippen LogP contribution in [-0.2, 0) is 9.53 Å². The molecule has 0 amide bonds. The summed E-state index contributed by atoms with van der Waals surface area (Å²) in [7, 11) is 1.62. The molecule has 0 aliphatic rings. The van der Waals surface area contributed by atoms with Crippen molar-refractivity contribution >= 4 is 5.78 Å². The minimum atomic E-state index is -0.352. The fraction of sp³-hybridized carbons (Fsp3) is 0.875. The van der Waals surface area contributed by atoms with Crippen LogP contribution in [0.5, 0.6) is 0 Å². The summed E-state index contributed by atoms with van der Waals surface area (Å²) < 4.78 is 5.06. The van der Waals surface area contributed by atoms with E-state index in [1.165, 1.54) is 0 Å². The number of carbonyl (C=O) groups is 1. The molecule has 0 aromatic rings. The molecule has 0 aliphatic heterocycles. The van der Waals surface area contributed by atoms with Gasteiger partial charge in [-0.3, -0.25) is 4.79 Å². The summed E-state index contributed by atoms with van der Waals surface area (Å²) in [4.78, 5) is 11.0. The average molecular weight is 144 g/mol. The van der Waals surface area contributed by atoms with Gasteiger partial charge >= 0.3 is 0 Å². The number of ether oxygens (including phenoxy) is 1. The molecule has 10 heavy (non-hydrogen) atoms. The van der Waals surface area contributed by atoms with Crippen molar-refractivity contribution in [1.29, 1.82) is 0 Å². The van der Waals surface area contributed by atoms with Crippen molar-refractivity contribution in [2.45, 2.75) is 33.8 Å². The highest BCUT2D eigenvalue weighted by Crippen LogP contribution is 2.23. The number of hydrogen-bond acceptors (Lipinski definition) is 2. The second-order valence-electron chi connectivity index (χ2n) is 3.16. The van der Waals surface area contributed by atoms with Crippen molar-refractivity contribution in [1.82, 2.24) is 0 Å². The van der Waals surface area contributed by atoms with Gasteiger partial charge in [0, 0.05) is 12.5 Å². The second kappa shape index (κ2) is 3.15. The molecular formula is C8H16O2. The molecule has 0 fully saturated rings. The topological polar surface area (TPSA) is 26.3 Å². The van der Waals surface area contributed by atoms with Gasteiger partial charge in [0.1, 0.15) is 5.78 Å². The Labute approximate surface area is 62.6 Å². The van der Waals surface area contributed by atoms with E-state index in [4.69, 9.17) is 4.74 Å². The summed E-state index contributed by atoms with van der Waals surface area (Å²) in [6.45, 7) is 7.28. The third-order valence-electron chi connectivity index (χ3n) is 2.28. The molecule has 2 heteroatoms. The third kappa shape index (κ3) is 1.81. The maximum atomic E-state index is 11.0. The van der Waals surface area contributed by atoms with Crippen LogP contribution < -0.4 is 0 Å². The molecule has 0 aromatic heterocycles. The zero-order valence-corrected chi connectivity index (χ0v) is 7.39.